The first-order valence-electron chi connectivity index (χ1n) is 9.24. The number of benzene rings is 1. The summed E-state index contributed by atoms with van der Waals surface area (Å²) in [7, 11) is 0. The third-order valence-corrected chi connectivity index (χ3v) is 7.82. The number of Topliss-reactive ketones (excluding diaryl/α,β-unsaturated/α-hetero) is 1. The molecule has 1 spiro atoms. The van der Waals surface area contributed by atoms with E-state index in [0.29, 0.717) is 17.9 Å². The third kappa shape index (κ3) is 1.50. The Balaban J connectivity index is 1.65. The lowest BCUT2D eigenvalue weighted by atomic mass is 9.54. The Bertz CT molecular complexity index is 730. The Morgan fingerprint density at radius 1 is 1.29 bits per heavy atom. The van der Waals surface area contributed by atoms with Crippen molar-refractivity contribution >= 4 is 11.5 Å². The average Bonchev–Trinajstić information content (AvgIpc) is 3.02. The first-order chi connectivity index (χ1) is 11.4. The number of nitrogens with one attached hydrogen (secondary N) is 2. The Morgan fingerprint density at radius 3 is 2.83 bits per heavy atom. The van der Waals surface area contributed by atoms with E-state index in [-0.39, 0.29) is 23.3 Å². The lowest BCUT2D eigenvalue weighted by Gasteiger charge is -2.55. The van der Waals surface area contributed by atoms with Crippen molar-refractivity contribution in [1.29, 1.82) is 0 Å². The summed E-state index contributed by atoms with van der Waals surface area (Å²) in [5.41, 5.74) is 0.871. The molecule has 1 aromatic rings. The molecule has 2 aliphatic carbocycles. The lowest BCUT2D eigenvalue weighted by molar-refractivity contribution is -0.0477. The molecule has 4 aliphatic rings. The minimum atomic E-state index is -0.640. The van der Waals surface area contributed by atoms with Gasteiger partial charge in [-0.05, 0) is 63.5 Å². The molecule has 24 heavy (non-hydrogen) atoms. The summed E-state index contributed by atoms with van der Waals surface area (Å²) >= 11 is 0. The van der Waals surface area contributed by atoms with Gasteiger partial charge in [0.2, 0.25) is 0 Å². The van der Waals surface area contributed by atoms with Crippen LogP contribution in [0, 0.1) is 17.3 Å². The zero-order valence-electron chi connectivity index (χ0n) is 14.4. The molecule has 1 saturated heterocycles. The summed E-state index contributed by atoms with van der Waals surface area (Å²) < 4.78 is 0. The number of carbonyl (C=O) groups excluding carboxylic acids is 1. The lowest BCUT2D eigenvalue weighted by Crippen LogP contribution is -2.63. The Kier molecular flexibility index (Phi) is 2.74. The number of anilines is 1. The third-order valence-electron chi connectivity index (χ3n) is 7.82. The molecular weight excluding hydrogens is 300 g/mol. The number of aliphatic hydroxyl groups is 1. The van der Waals surface area contributed by atoms with Crippen molar-refractivity contribution in [3.05, 3.63) is 29.8 Å². The van der Waals surface area contributed by atoms with E-state index in [1.54, 1.807) is 0 Å². The van der Waals surface area contributed by atoms with Crippen LogP contribution < -0.4 is 10.6 Å². The summed E-state index contributed by atoms with van der Waals surface area (Å²) in [6.45, 7) is 4.68. The highest BCUT2D eigenvalue weighted by Crippen LogP contribution is 2.65. The van der Waals surface area contributed by atoms with Gasteiger partial charge >= 0.3 is 0 Å². The fraction of sp³-hybridized carbons (Fsp3) is 0.650. The number of ketones is 1. The number of piperidine rings is 1. The van der Waals surface area contributed by atoms with E-state index in [0.717, 1.165) is 36.9 Å². The molecule has 2 aliphatic heterocycles. The first-order valence-corrected chi connectivity index (χ1v) is 9.24. The highest BCUT2D eigenvalue weighted by molar-refractivity contribution is 6.14. The van der Waals surface area contributed by atoms with Gasteiger partial charge in [0.05, 0.1) is 6.61 Å². The zero-order chi connectivity index (χ0) is 16.7. The molecule has 2 bridgehead atoms. The highest BCUT2D eigenvalue weighted by atomic mass is 16.3. The normalized spacial score (nSPS) is 44.5. The van der Waals surface area contributed by atoms with Crippen LogP contribution in [0.4, 0.5) is 5.69 Å². The summed E-state index contributed by atoms with van der Waals surface area (Å²) in [5.74, 6) is 1.20. The van der Waals surface area contributed by atoms with Gasteiger partial charge < -0.3 is 15.7 Å². The van der Waals surface area contributed by atoms with Gasteiger partial charge in [0.15, 0.2) is 5.78 Å². The fourth-order valence-corrected chi connectivity index (χ4v) is 6.56. The van der Waals surface area contributed by atoms with Gasteiger partial charge in [0, 0.05) is 28.2 Å². The van der Waals surface area contributed by atoms with Crippen LogP contribution in [0.15, 0.2) is 24.3 Å². The number of hydrogen-bond acceptors (Lipinski definition) is 4. The van der Waals surface area contributed by atoms with Crippen LogP contribution in [0.3, 0.4) is 0 Å². The van der Waals surface area contributed by atoms with E-state index in [9.17, 15) is 9.90 Å². The van der Waals surface area contributed by atoms with Crippen LogP contribution in [-0.2, 0) is 0 Å². The van der Waals surface area contributed by atoms with Crippen molar-refractivity contribution in [3.8, 4) is 0 Å². The number of rotatable bonds is 1. The fourth-order valence-electron chi connectivity index (χ4n) is 6.56. The molecule has 2 heterocycles. The first kappa shape index (κ1) is 14.9. The molecule has 3 fully saturated rings. The molecule has 4 heteroatoms. The van der Waals surface area contributed by atoms with Crippen molar-refractivity contribution in [1.82, 2.24) is 5.32 Å². The van der Waals surface area contributed by atoms with Crippen LogP contribution in [-0.4, -0.2) is 34.6 Å². The molecule has 4 nitrogen and oxygen atoms in total. The van der Waals surface area contributed by atoms with Crippen molar-refractivity contribution in [2.45, 2.75) is 56.7 Å². The van der Waals surface area contributed by atoms with E-state index in [4.69, 9.17) is 0 Å². The van der Waals surface area contributed by atoms with E-state index < -0.39 is 5.54 Å². The molecule has 2 saturated carbocycles. The maximum atomic E-state index is 13.5. The van der Waals surface area contributed by atoms with Gasteiger partial charge in [-0.1, -0.05) is 12.1 Å². The maximum Gasteiger partial charge on any atom is 0.190 e. The second-order valence-electron chi connectivity index (χ2n) is 8.97. The minimum absolute atomic E-state index is 0.0930. The van der Waals surface area contributed by atoms with Gasteiger partial charge in [-0.25, -0.2) is 0 Å². The molecule has 0 amide bonds. The average molecular weight is 326 g/mol. The molecule has 0 aromatic heterocycles. The summed E-state index contributed by atoms with van der Waals surface area (Å²) in [5, 5.41) is 18.0. The summed E-state index contributed by atoms with van der Waals surface area (Å²) in [4.78, 5) is 13.5. The molecule has 1 aromatic carbocycles. The van der Waals surface area contributed by atoms with Gasteiger partial charge in [0.25, 0.3) is 0 Å². The van der Waals surface area contributed by atoms with E-state index in [2.05, 4.69) is 24.5 Å². The van der Waals surface area contributed by atoms with Crippen molar-refractivity contribution in [2.24, 2.45) is 17.3 Å². The summed E-state index contributed by atoms with van der Waals surface area (Å²) in [6.07, 6.45) is 3.92. The zero-order valence-corrected chi connectivity index (χ0v) is 14.4. The van der Waals surface area contributed by atoms with E-state index >= 15 is 0 Å². The Morgan fingerprint density at radius 2 is 2.08 bits per heavy atom. The molecule has 128 valence electrons. The van der Waals surface area contributed by atoms with Crippen LogP contribution in [0.25, 0.3) is 0 Å². The smallest absolute Gasteiger partial charge is 0.190 e. The highest BCUT2D eigenvalue weighted by Gasteiger charge is 2.72. The molecule has 5 atom stereocenters. The molecule has 5 rings (SSSR count). The topological polar surface area (TPSA) is 61.4 Å². The number of carbonyl (C=O) groups is 1. The van der Waals surface area contributed by atoms with Crippen LogP contribution in [0.2, 0.25) is 0 Å². The molecule has 0 radical (unpaired) electrons. The Labute approximate surface area is 143 Å². The van der Waals surface area contributed by atoms with Gasteiger partial charge in [-0.15, -0.1) is 0 Å². The largest absolute Gasteiger partial charge is 0.396 e. The SMILES string of the molecule is CC1(C)NC2CC3(Nc4ccccc4C3=O)C3(CO)CCC1CC23. The quantitative estimate of drug-likeness (QED) is 0.742. The van der Waals surface area contributed by atoms with Gasteiger partial charge in [-0.2, -0.15) is 0 Å². The van der Waals surface area contributed by atoms with Crippen molar-refractivity contribution < 1.29 is 9.90 Å². The predicted molar refractivity (Wildman–Crippen MR) is 93.1 cm³/mol. The van der Waals surface area contributed by atoms with Crippen LogP contribution in [0.5, 0.6) is 0 Å². The minimum Gasteiger partial charge on any atom is -0.396 e. The van der Waals surface area contributed by atoms with E-state index in [1.807, 2.05) is 24.3 Å². The van der Waals surface area contributed by atoms with E-state index in [1.165, 1.54) is 0 Å². The molecule has 3 N–H and O–H groups in total. The molecular formula is C20H26N2O2. The number of fused-ring (bicyclic) bond motifs is 3. The van der Waals surface area contributed by atoms with Crippen molar-refractivity contribution in [3.63, 3.8) is 0 Å². The Hall–Kier alpha value is -1.39. The standard InChI is InChI=1S/C20H26N2O2/c1-18(2)12-7-8-19(11-23)14(9-12)16(21-18)10-20(19)17(24)13-5-3-4-6-15(13)22-20/h3-6,12,14,16,21-23H,7-11H2,1-2H3. The number of aliphatic hydroxyl groups excluding tert-OH is 1. The maximum absolute atomic E-state index is 13.5. The van der Waals surface area contributed by atoms with Crippen LogP contribution >= 0.6 is 0 Å². The van der Waals surface area contributed by atoms with Gasteiger partial charge in [-0.3, -0.25) is 4.79 Å². The second kappa shape index (κ2) is 4.41. The monoisotopic (exact) mass is 326 g/mol. The van der Waals surface area contributed by atoms with Crippen LogP contribution in [0.1, 0.15) is 49.9 Å². The summed E-state index contributed by atoms with van der Waals surface area (Å²) in [6, 6.07) is 8.13. The number of hydrogen-bond donors (Lipinski definition) is 3. The van der Waals surface area contributed by atoms with Crippen molar-refractivity contribution in [2.75, 3.05) is 11.9 Å². The molecule has 5 unspecified atom stereocenters. The number of para-hydroxylation sites is 1. The second-order valence-corrected chi connectivity index (χ2v) is 8.97. The predicted octanol–water partition coefficient (Wildman–Crippen LogP) is 2.58. The van der Waals surface area contributed by atoms with Gasteiger partial charge in [0.1, 0.15) is 5.54 Å².